The largest absolute Gasteiger partial charge is 0.480 e. The van der Waals surface area contributed by atoms with Gasteiger partial charge in [0.1, 0.15) is 24.2 Å². The van der Waals surface area contributed by atoms with E-state index < -0.39 is 71.8 Å². The summed E-state index contributed by atoms with van der Waals surface area (Å²) < 4.78 is 0. The Hall–Kier alpha value is -4.29. The fourth-order valence-corrected chi connectivity index (χ4v) is 5.19. The molecule has 1 aliphatic heterocycles. The van der Waals surface area contributed by atoms with Crippen molar-refractivity contribution in [2.45, 2.75) is 82.8 Å². The van der Waals surface area contributed by atoms with Crippen LogP contribution in [0.5, 0.6) is 0 Å². The predicted molar refractivity (Wildman–Crippen MR) is 163 cm³/mol. The van der Waals surface area contributed by atoms with E-state index in [1.54, 1.807) is 44.2 Å². The summed E-state index contributed by atoms with van der Waals surface area (Å²) in [5.41, 5.74) is 7.64. The van der Waals surface area contributed by atoms with Crippen LogP contribution in [-0.4, -0.2) is 87.6 Å². The Kier molecular flexibility index (Phi) is 12.4. The zero-order valence-corrected chi connectivity index (χ0v) is 25.3. The minimum absolute atomic E-state index is 0.0625. The predicted octanol–water partition coefficient (Wildman–Crippen LogP) is 0.366. The van der Waals surface area contributed by atoms with Crippen LogP contribution >= 0.6 is 0 Å². The summed E-state index contributed by atoms with van der Waals surface area (Å²) in [7, 11) is 0. The quantitative estimate of drug-likeness (QED) is 0.177. The van der Waals surface area contributed by atoms with Crippen LogP contribution in [0.4, 0.5) is 0 Å². The molecule has 7 N–H and O–H groups in total. The molecule has 0 aliphatic carbocycles. The van der Waals surface area contributed by atoms with Crippen LogP contribution in [0.25, 0.3) is 0 Å². The number of likely N-dealkylation sites (tertiary alicyclic amines) is 1. The number of benzene rings is 2. The molecule has 4 amide bonds. The first-order valence-corrected chi connectivity index (χ1v) is 14.8. The number of nitrogens with two attached hydrogens (primary N) is 1. The van der Waals surface area contributed by atoms with E-state index in [1.807, 2.05) is 30.3 Å². The van der Waals surface area contributed by atoms with Gasteiger partial charge in [0.2, 0.25) is 23.6 Å². The Morgan fingerprint density at radius 1 is 0.841 bits per heavy atom. The molecule has 1 heterocycles. The topological polar surface area (TPSA) is 191 Å². The van der Waals surface area contributed by atoms with Crippen LogP contribution in [0.1, 0.15) is 44.7 Å². The Balaban J connectivity index is 1.67. The molecule has 0 bridgehead atoms. The van der Waals surface area contributed by atoms with Crippen molar-refractivity contribution >= 4 is 29.6 Å². The number of hydrogen-bond acceptors (Lipinski definition) is 7. The van der Waals surface area contributed by atoms with Gasteiger partial charge >= 0.3 is 5.97 Å². The van der Waals surface area contributed by atoms with E-state index in [2.05, 4.69) is 16.0 Å². The third-order valence-electron chi connectivity index (χ3n) is 7.66. The van der Waals surface area contributed by atoms with Gasteiger partial charge in [-0.25, -0.2) is 4.79 Å². The molecule has 0 aromatic heterocycles. The molecule has 238 valence electrons. The molecule has 12 heteroatoms. The number of rotatable bonds is 14. The van der Waals surface area contributed by atoms with E-state index in [0.717, 1.165) is 11.1 Å². The fraction of sp³-hybridized carbons (Fsp3) is 0.469. The van der Waals surface area contributed by atoms with Crippen molar-refractivity contribution < 1.29 is 34.2 Å². The van der Waals surface area contributed by atoms with Crippen molar-refractivity contribution in [2.24, 2.45) is 11.7 Å². The van der Waals surface area contributed by atoms with Gasteiger partial charge < -0.3 is 36.8 Å². The average Bonchev–Trinajstić information content (AvgIpc) is 3.48. The van der Waals surface area contributed by atoms with Crippen LogP contribution in [0, 0.1) is 5.92 Å². The Labute approximate surface area is 257 Å². The third kappa shape index (κ3) is 9.35. The van der Waals surface area contributed by atoms with Crippen LogP contribution in [0.2, 0.25) is 0 Å². The van der Waals surface area contributed by atoms with Gasteiger partial charge in [0.25, 0.3) is 0 Å². The van der Waals surface area contributed by atoms with Gasteiger partial charge in [0.15, 0.2) is 0 Å². The van der Waals surface area contributed by atoms with Gasteiger partial charge in [0, 0.05) is 13.0 Å². The first kappa shape index (κ1) is 34.2. The zero-order valence-electron chi connectivity index (χ0n) is 25.3. The fourth-order valence-electron chi connectivity index (χ4n) is 5.19. The Morgan fingerprint density at radius 2 is 1.41 bits per heavy atom. The Bertz CT molecular complexity index is 1290. The second-order valence-electron chi connectivity index (χ2n) is 11.5. The summed E-state index contributed by atoms with van der Waals surface area (Å²) >= 11 is 0. The molecule has 0 saturated carbocycles. The van der Waals surface area contributed by atoms with Gasteiger partial charge in [-0.2, -0.15) is 0 Å². The molecule has 6 atom stereocenters. The molecule has 44 heavy (non-hydrogen) atoms. The highest BCUT2D eigenvalue weighted by Gasteiger charge is 2.41. The van der Waals surface area contributed by atoms with Gasteiger partial charge in [-0.3, -0.25) is 19.2 Å². The standard InChI is InChI=1S/C32H43N5O7/c1-19(2)26(30(41)34-24(32(43)44)18-22-13-8-5-9-14-22)35-29(40)25-15-10-16-37(25)31(42)27(20(3)38)36-28(39)23(33)17-21-11-6-4-7-12-21/h4-9,11-14,19-20,23-27,38H,10,15-18,33H2,1-3H3,(H,34,41)(H,35,40)(H,36,39)(H,43,44)/t20-,23+,24+,25+,26+,27+/m1/s1. The smallest absolute Gasteiger partial charge is 0.326 e. The lowest BCUT2D eigenvalue weighted by molar-refractivity contribution is -0.145. The van der Waals surface area contributed by atoms with Gasteiger partial charge in [-0.1, -0.05) is 74.5 Å². The van der Waals surface area contributed by atoms with E-state index in [4.69, 9.17) is 5.73 Å². The summed E-state index contributed by atoms with van der Waals surface area (Å²) in [6, 6.07) is 12.5. The highest BCUT2D eigenvalue weighted by atomic mass is 16.4. The summed E-state index contributed by atoms with van der Waals surface area (Å²) in [6.07, 6.45) is -0.174. The number of amides is 4. The van der Waals surface area contributed by atoms with Crippen molar-refractivity contribution in [2.75, 3.05) is 6.54 Å². The highest BCUT2D eigenvalue weighted by Crippen LogP contribution is 2.20. The summed E-state index contributed by atoms with van der Waals surface area (Å²) in [5, 5.41) is 27.9. The molecule has 0 spiro atoms. The summed E-state index contributed by atoms with van der Waals surface area (Å²) in [5.74, 6) is -4.11. The molecule has 1 saturated heterocycles. The number of nitrogens with zero attached hydrogens (tertiary/aromatic N) is 1. The first-order chi connectivity index (χ1) is 20.9. The number of nitrogens with one attached hydrogen (secondary N) is 3. The SMILES string of the molecule is CC(C)[C@H](NC(=O)[C@@H]1CCCN1C(=O)[C@@H](NC(=O)[C@@H](N)Cc1ccccc1)[C@@H](C)O)C(=O)N[C@@H](Cc1ccccc1)C(=O)O. The van der Waals surface area contributed by atoms with Crippen LogP contribution in [0.15, 0.2) is 60.7 Å². The van der Waals surface area contributed by atoms with Crippen molar-refractivity contribution in [3.05, 3.63) is 71.8 Å². The van der Waals surface area contributed by atoms with Crippen molar-refractivity contribution in [3.8, 4) is 0 Å². The van der Waals surface area contributed by atoms with E-state index >= 15 is 0 Å². The maximum absolute atomic E-state index is 13.6. The number of carbonyl (C=O) groups is 5. The number of aliphatic carboxylic acids is 1. The molecule has 12 nitrogen and oxygen atoms in total. The van der Waals surface area contributed by atoms with E-state index in [-0.39, 0.29) is 19.4 Å². The number of carboxylic acid groups (broad SMARTS) is 1. The average molecular weight is 610 g/mol. The molecule has 0 unspecified atom stereocenters. The monoisotopic (exact) mass is 609 g/mol. The minimum atomic E-state index is -1.34. The summed E-state index contributed by atoms with van der Waals surface area (Å²) in [6.45, 7) is 5.01. The van der Waals surface area contributed by atoms with Gasteiger partial charge in [0.05, 0.1) is 12.1 Å². The van der Waals surface area contributed by atoms with Crippen LogP contribution < -0.4 is 21.7 Å². The van der Waals surface area contributed by atoms with E-state index in [0.29, 0.717) is 12.8 Å². The number of hydrogen-bond donors (Lipinski definition) is 6. The molecule has 3 rings (SSSR count). The third-order valence-corrected chi connectivity index (χ3v) is 7.66. The molecular formula is C32H43N5O7. The molecule has 1 fully saturated rings. The second-order valence-corrected chi connectivity index (χ2v) is 11.5. The molecule has 0 radical (unpaired) electrons. The number of aliphatic hydroxyl groups excluding tert-OH is 1. The molecule has 2 aromatic rings. The molecule has 2 aromatic carbocycles. The first-order valence-electron chi connectivity index (χ1n) is 14.8. The van der Waals surface area contributed by atoms with Crippen molar-refractivity contribution in [1.29, 1.82) is 0 Å². The molecule has 1 aliphatic rings. The van der Waals surface area contributed by atoms with Crippen LogP contribution in [-0.2, 0) is 36.8 Å². The van der Waals surface area contributed by atoms with Gasteiger partial charge in [-0.15, -0.1) is 0 Å². The highest BCUT2D eigenvalue weighted by molar-refractivity contribution is 5.96. The zero-order chi connectivity index (χ0) is 32.4. The maximum atomic E-state index is 13.6. The lowest BCUT2D eigenvalue weighted by Crippen LogP contribution is -2.60. The minimum Gasteiger partial charge on any atom is -0.480 e. The van der Waals surface area contributed by atoms with E-state index in [1.165, 1.54) is 11.8 Å². The lowest BCUT2D eigenvalue weighted by Gasteiger charge is -2.32. The number of aliphatic hydroxyl groups is 1. The van der Waals surface area contributed by atoms with E-state index in [9.17, 15) is 34.2 Å². The van der Waals surface area contributed by atoms with Crippen LogP contribution in [0.3, 0.4) is 0 Å². The number of carbonyl (C=O) groups excluding carboxylic acids is 4. The normalized spacial score (nSPS) is 18.0. The number of carboxylic acids is 1. The maximum Gasteiger partial charge on any atom is 0.326 e. The Morgan fingerprint density at radius 3 is 1.93 bits per heavy atom. The lowest BCUT2D eigenvalue weighted by atomic mass is 10.0. The second kappa shape index (κ2) is 16.0. The molecular weight excluding hydrogens is 566 g/mol. The van der Waals surface area contributed by atoms with Crippen molar-refractivity contribution in [1.82, 2.24) is 20.9 Å². The van der Waals surface area contributed by atoms with Gasteiger partial charge in [-0.05, 0) is 43.2 Å². The van der Waals surface area contributed by atoms with Crippen molar-refractivity contribution in [3.63, 3.8) is 0 Å². The summed E-state index contributed by atoms with van der Waals surface area (Å²) in [4.78, 5) is 66.3.